The first kappa shape index (κ1) is 27.6. The standard InChI is InChI=1S/C27H30FN5O6S/c1-18-30-17-27(31-18)40(34,35)32-19-4-5-24(21(28)14-19)39-23-6-7-29-22-16-26(25(36-2)15-20(22)23)38-11-3-8-33-9-12-37-13-10-33/h4-7,14-17,32H,3,8-13H2,1-2H3,(H,30,31). The van der Waals surface area contributed by atoms with Crippen molar-refractivity contribution in [3.05, 3.63) is 60.4 Å². The molecule has 13 heteroatoms. The van der Waals surface area contributed by atoms with Crippen LogP contribution in [0.2, 0.25) is 0 Å². The molecule has 2 N–H and O–H groups in total. The number of sulfonamides is 1. The number of pyridine rings is 1. The number of nitrogens with zero attached hydrogens (tertiary/aromatic N) is 3. The van der Waals surface area contributed by atoms with Crippen LogP contribution in [0.1, 0.15) is 12.2 Å². The van der Waals surface area contributed by atoms with E-state index in [1.807, 2.05) is 0 Å². The number of aryl methyl sites for hydroxylation is 1. The highest BCUT2D eigenvalue weighted by atomic mass is 32.2. The molecule has 3 heterocycles. The second-order valence-corrected chi connectivity index (χ2v) is 10.8. The number of aromatic amines is 1. The predicted molar refractivity (Wildman–Crippen MR) is 146 cm³/mol. The first-order chi connectivity index (χ1) is 19.3. The number of rotatable bonds is 11. The number of methoxy groups -OCH3 is 1. The third-order valence-corrected chi connectivity index (χ3v) is 7.63. The van der Waals surface area contributed by atoms with Crippen LogP contribution in [0.3, 0.4) is 0 Å². The van der Waals surface area contributed by atoms with Gasteiger partial charge in [-0.1, -0.05) is 0 Å². The van der Waals surface area contributed by atoms with Gasteiger partial charge in [0, 0.05) is 43.4 Å². The van der Waals surface area contributed by atoms with Crippen molar-refractivity contribution in [3.63, 3.8) is 0 Å². The molecule has 0 amide bonds. The highest BCUT2D eigenvalue weighted by molar-refractivity contribution is 7.92. The van der Waals surface area contributed by atoms with E-state index in [4.69, 9.17) is 18.9 Å². The summed E-state index contributed by atoms with van der Waals surface area (Å²) in [6.07, 6.45) is 3.60. The molecule has 0 saturated carbocycles. The van der Waals surface area contributed by atoms with Crippen LogP contribution in [0.4, 0.5) is 10.1 Å². The van der Waals surface area contributed by atoms with E-state index in [1.165, 1.54) is 18.3 Å². The van der Waals surface area contributed by atoms with Gasteiger partial charge in [-0.15, -0.1) is 0 Å². The van der Waals surface area contributed by atoms with Crippen molar-refractivity contribution in [2.24, 2.45) is 0 Å². The van der Waals surface area contributed by atoms with Crippen molar-refractivity contribution in [3.8, 4) is 23.0 Å². The molecule has 4 aromatic rings. The Morgan fingerprint density at radius 1 is 1.07 bits per heavy atom. The van der Waals surface area contributed by atoms with Gasteiger partial charge in [-0.3, -0.25) is 14.6 Å². The van der Waals surface area contributed by atoms with Crippen molar-refractivity contribution in [2.75, 3.05) is 51.3 Å². The van der Waals surface area contributed by atoms with E-state index in [2.05, 4.69) is 24.6 Å². The molecule has 0 atom stereocenters. The van der Waals surface area contributed by atoms with Crippen molar-refractivity contribution in [2.45, 2.75) is 18.4 Å². The van der Waals surface area contributed by atoms with Crippen molar-refractivity contribution in [1.29, 1.82) is 0 Å². The van der Waals surface area contributed by atoms with Gasteiger partial charge in [0.25, 0.3) is 10.0 Å². The SMILES string of the molecule is COc1cc2c(Oc3ccc(NS(=O)(=O)c4cnc(C)[nH]4)cc3F)ccnc2cc1OCCCN1CCOCC1. The van der Waals surface area contributed by atoms with Crippen molar-refractivity contribution < 1.29 is 31.8 Å². The second kappa shape index (κ2) is 12.1. The molecular formula is C27H30FN5O6S. The van der Waals surface area contributed by atoms with Gasteiger partial charge in [0.2, 0.25) is 0 Å². The lowest BCUT2D eigenvalue weighted by Crippen LogP contribution is -2.37. The molecule has 0 spiro atoms. The highest BCUT2D eigenvalue weighted by Gasteiger charge is 2.19. The Morgan fingerprint density at radius 2 is 1.90 bits per heavy atom. The lowest BCUT2D eigenvalue weighted by Gasteiger charge is -2.26. The number of anilines is 1. The summed E-state index contributed by atoms with van der Waals surface area (Å²) >= 11 is 0. The molecule has 1 saturated heterocycles. The second-order valence-electron chi connectivity index (χ2n) is 9.17. The quantitative estimate of drug-likeness (QED) is 0.256. The molecule has 212 valence electrons. The van der Waals surface area contributed by atoms with E-state index < -0.39 is 15.8 Å². The summed E-state index contributed by atoms with van der Waals surface area (Å²) in [5.41, 5.74) is 0.620. The first-order valence-corrected chi connectivity index (χ1v) is 14.2. The minimum Gasteiger partial charge on any atom is -0.493 e. The molecule has 1 fully saturated rings. The number of H-pyrrole nitrogens is 1. The fourth-order valence-electron chi connectivity index (χ4n) is 4.30. The van der Waals surface area contributed by atoms with Crippen LogP contribution < -0.4 is 18.9 Å². The van der Waals surface area contributed by atoms with Crippen molar-refractivity contribution >= 4 is 26.6 Å². The summed E-state index contributed by atoms with van der Waals surface area (Å²) in [4.78, 5) is 13.3. The Labute approximate surface area is 231 Å². The van der Waals surface area contributed by atoms with E-state index in [9.17, 15) is 12.8 Å². The fraction of sp³-hybridized carbons (Fsp3) is 0.333. The number of hydrogen-bond donors (Lipinski definition) is 2. The zero-order valence-corrected chi connectivity index (χ0v) is 23.0. The number of morpholine rings is 1. The largest absolute Gasteiger partial charge is 0.493 e. The van der Waals surface area contributed by atoms with Crippen molar-refractivity contribution in [1.82, 2.24) is 19.9 Å². The first-order valence-electron chi connectivity index (χ1n) is 12.7. The van der Waals surface area contributed by atoms with Gasteiger partial charge in [0.05, 0.1) is 44.3 Å². The molecule has 2 aromatic carbocycles. The van der Waals surface area contributed by atoms with Gasteiger partial charge in [0.15, 0.2) is 28.1 Å². The predicted octanol–water partition coefficient (Wildman–Crippen LogP) is 4.11. The molecule has 40 heavy (non-hydrogen) atoms. The molecular weight excluding hydrogens is 541 g/mol. The van der Waals surface area contributed by atoms with Gasteiger partial charge in [-0.2, -0.15) is 8.42 Å². The zero-order chi connectivity index (χ0) is 28.1. The number of benzene rings is 2. The zero-order valence-electron chi connectivity index (χ0n) is 22.1. The Morgan fingerprint density at radius 3 is 2.62 bits per heavy atom. The van der Waals surface area contributed by atoms with Crippen LogP contribution in [0.15, 0.2) is 53.8 Å². The van der Waals surface area contributed by atoms with Gasteiger partial charge < -0.3 is 23.9 Å². The minimum absolute atomic E-state index is 0.0359. The molecule has 2 aromatic heterocycles. The Balaban J connectivity index is 1.29. The fourth-order valence-corrected chi connectivity index (χ4v) is 5.32. The number of halogens is 1. The molecule has 5 rings (SSSR count). The number of nitrogens with one attached hydrogen (secondary N) is 2. The molecule has 0 unspecified atom stereocenters. The lowest BCUT2D eigenvalue weighted by atomic mass is 10.1. The maximum absolute atomic E-state index is 15.0. The van der Waals surface area contributed by atoms with Crippen LogP contribution in [0.5, 0.6) is 23.0 Å². The van der Waals surface area contributed by atoms with Gasteiger partial charge in [-0.25, -0.2) is 9.37 Å². The lowest BCUT2D eigenvalue weighted by molar-refractivity contribution is 0.0357. The van der Waals surface area contributed by atoms with E-state index in [1.54, 1.807) is 38.4 Å². The number of aromatic nitrogens is 3. The van der Waals surface area contributed by atoms with Gasteiger partial charge in [0.1, 0.15) is 11.6 Å². The van der Waals surface area contributed by atoms with Crippen LogP contribution in [-0.2, 0) is 14.8 Å². The molecule has 1 aliphatic heterocycles. The Hall–Kier alpha value is -3.94. The van der Waals surface area contributed by atoms with Gasteiger partial charge in [-0.05, 0) is 37.6 Å². The summed E-state index contributed by atoms with van der Waals surface area (Å²) in [5.74, 6) is 1.00. The third kappa shape index (κ3) is 6.43. The van der Waals surface area contributed by atoms with E-state index in [0.717, 1.165) is 45.3 Å². The Bertz CT molecular complexity index is 1590. The molecule has 0 bridgehead atoms. The molecule has 1 aliphatic rings. The average molecular weight is 572 g/mol. The molecule has 0 radical (unpaired) electrons. The van der Waals surface area contributed by atoms with Crippen LogP contribution >= 0.6 is 0 Å². The summed E-state index contributed by atoms with van der Waals surface area (Å²) < 4.78 is 65.2. The summed E-state index contributed by atoms with van der Waals surface area (Å²) in [6.45, 7) is 6.43. The molecule has 0 aliphatic carbocycles. The Kier molecular flexibility index (Phi) is 8.33. The summed E-state index contributed by atoms with van der Waals surface area (Å²) in [7, 11) is -2.41. The third-order valence-electron chi connectivity index (χ3n) is 6.34. The maximum atomic E-state index is 15.0. The number of imidazole rings is 1. The number of fused-ring (bicyclic) bond motifs is 1. The normalized spacial score (nSPS) is 14.3. The summed E-state index contributed by atoms with van der Waals surface area (Å²) in [5, 5.41) is 0.474. The van der Waals surface area contributed by atoms with E-state index in [-0.39, 0.29) is 16.5 Å². The monoisotopic (exact) mass is 571 g/mol. The van der Waals surface area contributed by atoms with Gasteiger partial charge >= 0.3 is 0 Å². The van der Waals surface area contributed by atoms with E-state index >= 15 is 0 Å². The van der Waals surface area contributed by atoms with Crippen LogP contribution in [0.25, 0.3) is 10.9 Å². The summed E-state index contributed by atoms with van der Waals surface area (Å²) in [6, 6.07) is 8.92. The average Bonchev–Trinajstić information content (AvgIpc) is 3.40. The smallest absolute Gasteiger partial charge is 0.278 e. The number of ether oxygens (including phenoxy) is 4. The van der Waals surface area contributed by atoms with Crippen LogP contribution in [-0.4, -0.2) is 74.8 Å². The molecule has 11 nitrogen and oxygen atoms in total. The maximum Gasteiger partial charge on any atom is 0.278 e. The highest BCUT2D eigenvalue weighted by Crippen LogP contribution is 2.38. The minimum atomic E-state index is -3.95. The van der Waals surface area contributed by atoms with E-state index in [0.29, 0.717) is 40.6 Å². The topological polar surface area (TPSA) is 128 Å². The number of hydrogen-bond acceptors (Lipinski definition) is 9. The van der Waals surface area contributed by atoms with Crippen LogP contribution in [0, 0.1) is 12.7 Å².